The van der Waals surface area contributed by atoms with Crippen LogP contribution in [0.3, 0.4) is 0 Å². The highest BCUT2D eigenvalue weighted by molar-refractivity contribution is 7.89. The molecule has 2 N–H and O–H groups in total. The van der Waals surface area contributed by atoms with Crippen LogP contribution in [0.4, 0.5) is 5.69 Å². The zero-order valence-corrected chi connectivity index (χ0v) is 19.5. The molecule has 1 atom stereocenters. The van der Waals surface area contributed by atoms with E-state index in [1.807, 2.05) is 0 Å². The number of benzene rings is 2. The van der Waals surface area contributed by atoms with Gasteiger partial charge in [0.25, 0.3) is 10.1 Å². The Labute approximate surface area is 191 Å². The summed E-state index contributed by atoms with van der Waals surface area (Å²) in [6.45, 7) is 1.09. The molecule has 0 saturated carbocycles. The first-order valence-electron chi connectivity index (χ1n) is 9.11. The minimum Gasteiger partial charge on any atom is -0.462 e. The van der Waals surface area contributed by atoms with Crippen molar-refractivity contribution in [2.75, 3.05) is 24.8 Å². The lowest BCUT2D eigenvalue weighted by Gasteiger charge is -2.18. The van der Waals surface area contributed by atoms with Gasteiger partial charge in [-0.15, -0.1) is 0 Å². The van der Waals surface area contributed by atoms with Crippen LogP contribution in [0, 0.1) is 0 Å². The van der Waals surface area contributed by atoms with Crippen molar-refractivity contribution >= 4 is 49.3 Å². The van der Waals surface area contributed by atoms with E-state index in [9.17, 15) is 26.4 Å². The molecule has 0 aliphatic heterocycles. The predicted octanol–water partition coefficient (Wildman–Crippen LogP) is 1.78. The first kappa shape index (κ1) is 25.7. The van der Waals surface area contributed by atoms with E-state index in [-0.39, 0.29) is 22.8 Å². The standard InChI is InChI=1S/C19H21ClN2O8S2/c1-3-29-19(24)13-4-8-15(9-5-13)21-18(23)17(12-30-31(2,25)26)22-32(27,28)16-10-6-14(20)7-11-16/h4-11,17,22H,3,12H2,1-2H3,(H,21,23). The fraction of sp³-hybridized carbons (Fsp3) is 0.263. The SMILES string of the molecule is CCOC(=O)c1ccc(NC(=O)C(COS(C)(=O)=O)NS(=O)(=O)c2ccc(Cl)cc2)cc1. The summed E-state index contributed by atoms with van der Waals surface area (Å²) in [5.41, 5.74) is 0.489. The number of ether oxygens (including phenoxy) is 1. The average Bonchev–Trinajstić information content (AvgIpc) is 2.71. The molecule has 32 heavy (non-hydrogen) atoms. The molecule has 0 saturated heterocycles. The fourth-order valence-corrected chi connectivity index (χ4v) is 4.05. The zero-order chi connectivity index (χ0) is 23.9. The summed E-state index contributed by atoms with van der Waals surface area (Å²) in [7, 11) is -8.17. The number of halogens is 1. The molecular formula is C19H21ClN2O8S2. The van der Waals surface area contributed by atoms with Crippen molar-refractivity contribution in [2.24, 2.45) is 0 Å². The third-order valence-corrected chi connectivity index (χ3v) is 6.15. The maximum atomic E-state index is 12.7. The summed E-state index contributed by atoms with van der Waals surface area (Å²) in [6, 6.07) is 9.21. The quantitative estimate of drug-likeness (QED) is 0.368. The number of sulfonamides is 1. The van der Waals surface area contributed by atoms with Crippen LogP contribution in [0.5, 0.6) is 0 Å². The first-order chi connectivity index (χ1) is 14.9. The molecule has 0 aromatic heterocycles. The summed E-state index contributed by atoms with van der Waals surface area (Å²) in [4.78, 5) is 24.2. The molecule has 174 valence electrons. The zero-order valence-electron chi connectivity index (χ0n) is 17.1. The molecule has 0 aliphatic rings. The normalized spacial score (nSPS) is 12.7. The van der Waals surface area contributed by atoms with Crippen molar-refractivity contribution in [1.29, 1.82) is 0 Å². The van der Waals surface area contributed by atoms with Crippen LogP contribution < -0.4 is 10.0 Å². The highest BCUT2D eigenvalue weighted by Gasteiger charge is 2.27. The number of nitrogens with one attached hydrogen (secondary N) is 2. The Balaban J connectivity index is 2.20. The summed E-state index contributed by atoms with van der Waals surface area (Å²) >= 11 is 5.76. The van der Waals surface area contributed by atoms with Gasteiger partial charge in [0, 0.05) is 10.7 Å². The van der Waals surface area contributed by atoms with Crippen LogP contribution in [-0.4, -0.2) is 54.2 Å². The number of hydrogen-bond donors (Lipinski definition) is 2. The second-order valence-corrected chi connectivity index (χ2v) is 10.2. The number of carbonyl (C=O) groups excluding carboxylic acids is 2. The van der Waals surface area contributed by atoms with Crippen molar-refractivity contribution in [3.8, 4) is 0 Å². The Morgan fingerprint density at radius 2 is 1.59 bits per heavy atom. The highest BCUT2D eigenvalue weighted by atomic mass is 35.5. The lowest BCUT2D eigenvalue weighted by molar-refractivity contribution is -0.118. The van der Waals surface area contributed by atoms with Crippen LogP contribution in [0.15, 0.2) is 53.4 Å². The molecular weight excluding hydrogens is 484 g/mol. The van der Waals surface area contributed by atoms with E-state index >= 15 is 0 Å². The van der Waals surface area contributed by atoms with Crippen LogP contribution in [0.2, 0.25) is 5.02 Å². The molecule has 13 heteroatoms. The molecule has 0 bridgehead atoms. The van der Waals surface area contributed by atoms with E-state index in [0.717, 1.165) is 6.26 Å². The summed E-state index contributed by atoms with van der Waals surface area (Å²) < 4.78 is 59.6. The Morgan fingerprint density at radius 3 is 2.12 bits per heavy atom. The van der Waals surface area contributed by atoms with E-state index in [4.69, 9.17) is 16.3 Å². The number of amides is 1. The third-order valence-electron chi connectivity index (χ3n) is 3.85. The number of rotatable bonds is 10. The lowest BCUT2D eigenvalue weighted by Crippen LogP contribution is -2.47. The van der Waals surface area contributed by atoms with Gasteiger partial charge in [-0.05, 0) is 55.5 Å². The van der Waals surface area contributed by atoms with E-state index in [1.165, 1.54) is 48.5 Å². The van der Waals surface area contributed by atoms with Gasteiger partial charge < -0.3 is 10.1 Å². The Hall–Kier alpha value is -2.51. The number of carbonyl (C=O) groups is 2. The lowest BCUT2D eigenvalue weighted by atomic mass is 10.2. The molecule has 2 aromatic carbocycles. The minimum atomic E-state index is -4.21. The van der Waals surface area contributed by atoms with Crippen molar-refractivity contribution in [3.05, 3.63) is 59.1 Å². The predicted molar refractivity (Wildman–Crippen MR) is 117 cm³/mol. The Kier molecular flexibility index (Phi) is 8.75. The molecule has 0 aliphatic carbocycles. The van der Waals surface area contributed by atoms with E-state index in [0.29, 0.717) is 5.02 Å². The van der Waals surface area contributed by atoms with Crippen LogP contribution >= 0.6 is 11.6 Å². The van der Waals surface area contributed by atoms with Gasteiger partial charge in [0.2, 0.25) is 15.9 Å². The molecule has 10 nitrogen and oxygen atoms in total. The second kappa shape index (κ2) is 10.9. The van der Waals surface area contributed by atoms with Gasteiger partial charge in [0.1, 0.15) is 6.04 Å². The van der Waals surface area contributed by atoms with E-state index in [2.05, 4.69) is 14.2 Å². The van der Waals surface area contributed by atoms with Gasteiger partial charge >= 0.3 is 5.97 Å². The largest absolute Gasteiger partial charge is 0.462 e. The number of esters is 1. The maximum absolute atomic E-state index is 12.7. The van der Waals surface area contributed by atoms with Crippen LogP contribution in [-0.2, 0) is 33.9 Å². The molecule has 0 spiro atoms. The number of anilines is 1. The highest BCUT2D eigenvalue weighted by Crippen LogP contribution is 2.16. The van der Waals surface area contributed by atoms with Gasteiger partial charge in [-0.1, -0.05) is 11.6 Å². The average molecular weight is 505 g/mol. The molecule has 0 fully saturated rings. The van der Waals surface area contributed by atoms with Crippen molar-refractivity contribution in [3.63, 3.8) is 0 Å². The monoisotopic (exact) mass is 504 g/mol. The third kappa shape index (κ3) is 7.88. The summed E-state index contributed by atoms with van der Waals surface area (Å²) in [6.07, 6.45) is 0.768. The van der Waals surface area contributed by atoms with Gasteiger partial charge in [0.05, 0.1) is 29.9 Å². The van der Waals surface area contributed by atoms with Gasteiger partial charge in [-0.3, -0.25) is 8.98 Å². The smallest absolute Gasteiger partial charge is 0.338 e. The maximum Gasteiger partial charge on any atom is 0.338 e. The topological polar surface area (TPSA) is 145 Å². The summed E-state index contributed by atoms with van der Waals surface area (Å²) in [5.74, 6) is -1.42. The van der Waals surface area contributed by atoms with Crippen LogP contribution in [0.25, 0.3) is 0 Å². The first-order valence-corrected chi connectivity index (χ1v) is 12.8. The Bertz CT molecular complexity index is 1160. The van der Waals surface area contributed by atoms with Crippen molar-refractivity contribution < 1.29 is 35.3 Å². The van der Waals surface area contributed by atoms with Crippen molar-refractivity contribution in [2.45, 2.75) is 17.9 Å². The molecule has 0 heterocycles. The molecule has 2 aromatic rings. The minimum absolute atomic E-state index is 0.183. The molecule has 1 amide bonds. The molecule has 1 unspecified atom stereocenters. The van der Waals surface area contributed by atoms with E-state index in [1.54, 1.807) is 6.92 Å². The van der Waals surface area contributed by atoms with Crippen molar-refractivity contribution in [1.82, 2.24) is 4.72 Å². The van der Waals surface area contributed by atoms with Crippen LogP contribution in [0.1, 0.15) is 17.3 Å². The van der Waals surface area contributed by atoms with Gasteiger partial charge in [0.15, 0.2) is 0 Å². The van der Waals surface area contributed by atoms with Gasteiger partial charge in [-0.2, -0.15) is 13.1 Å². The van der Waals surface area contributed by atoms with Gasteiger partial charge in [-0.25, -0.2) is 13.2 Å². The molecule has 0 radical (unpaired) electrons. The molecule has 2 rings (SSSR count). The number of hydrogen-bond acceptors (Lipinski definition) is 8. The Morgan fingerprint density at radius 1 is 1.00 bits per heavy atom. The summed E-state index contributed by atoms with van der Waals surface area (Å²) in [5, 5.41) is 2.76. The van der Waals surface area contributed by atoms with E-state index < -0.39 is 44.7 Å². The second-order valence-electron chi connectivity index (χ2n) is 6.40. The fourth-order valence-electron chi connectivity index (χ4n) is 2.36.